The Labute approximate surface area is 90.6 Å². The van der Waals surface area contributed by atoms with Crippen molar-refractivity contribution in [2.24, 2.45) is 0 Å². The number of nitrogens with two attached hydrogens (primary N) is 1. The molecule has 6 heteroatoms. The van der Waals surface area contributed by atoms with Gasteiger partial charge >= 0.3 is 6.18 Å². The quantitative estimate of drug-likeness (QED) is 0.783. The molecule has 90 valence electrons. The number of halogens is 3. The summed E-state index contributed by atoms with van der Waals surface area (Å²) in [6, 6.07) is 6.28. The lowest BCUT2D eigenvalue weighted by Gasteiger charge is -2.13. The van der Waals surface area contributed by atoms with E-state index in [1.807, 2.05) is 0 Å². The second-order valence-corrected chi connectivity index (χ2v) is 3.32. The topological polar surface area (TPSA) is 55.5 Å². The Bertz CT molecular complexity index is 341. The highest BCUT2D eigenvalue weighted by Crippen LogP contribution is 2.18. The van der Waals surface area contributed by atoms with E-state index < -0.39 is 25.5 Å². The van der Waals surface area contributed by atoms with Crippen LogP contribution in [-0.2, 0) is 4.74 Å². The predicted molar refractivity (Wildman–Crippen MR) is 52.7 cm³/mol. The van der Waals surface area contributed by atoms with Crippen molar-refractivity contribution in [1.29, 1.82) is 0 Å². The van der Waals surface area contributed by atoms with Crippen molar-refractivity contribution < 1.29 is 23.0 Å². The highest BCUT2D eigenvalue weighted by Gasteiger charge is 2.27. The first-order valence-electron chi connectivity index (χ1n) is 4.56. The molecule has 0 aliphatic rings. The van der Waals surface area contributed by atoms with E-state index in [4.69, 9.17) is 5.73 Å². The van der Waals surface area contributed by atoms with Gasteiger partial charge in [-0.1, -0.05) is 12.1 Å². The van der Waals surface area contributed by atoms with Crippen LogP contribution in [0, 0.1) is 0 Å². The highest BCUT2D eigenvalue weighted by molar-refractivity contribution is 5.41. The standard InChI is InChI=1S/C10H12F3NO2/c11-10(12,13)6-16-5-9(15)7-2-1-3-8(14)4-7/h1-4,9,15H,5-6,14H2. The summed E-state index contributed by atoms with van der Waals surface area (Å²) in [4.78, 5) is 0. The van der Waals surface area contributed by atoms with Crippen LogP contribution >= 0.6 is 0 Å². The average molecular weight is 235 g/mol. The molecule has 1 aromatic carbocycles. The summed E-state index contributed by atoms with van der Waals surface area (Å²) in [6.45, 7) is -1.78. The molecule has 0 aliphatic carbocycles. The fourth-order valence-electron chi connectivity index (χ4n) is 1.15. The van der Waals surface area contributed by atoms with Crippen LogP contribution in [0.4, 0.5) is 18.9 Å². The number of aliphatic hydroxyl groups excluding tert-OH is 1. The van der Waals surface area contributed by atoms with Crippen LogP contribution in [0.25, 0.3) is 0 Å². The van der Waals surface area contributed by atoms with Gasteiger partial charge in [0.05, 0.1) is 6.61 Å². The van der Waals surface area contributed by atoms with Crippen molar-refractivity contribution in [2.75, 3.05) is 18.9 Å². The van der Waals surface area contributed by atoms with Gasteiger partial charge in [-0.15, -0.1) is 0 Å². The summed E-state index contributed by atoms with van der Waals surface area (Å²) >= 11 is 0. The Morgan fingerprint density at radius 1 is 1.38 bits per heavy atom. The number of hydrogen-bond donors (Lipinski definition) is 2. The molecule has 0 aliphatic heterocycles. The van der Waals surface area contributed by atoms with Crippen molar-refractivity contribution in [3.8, 4) is 0 Å². The van der Waals surface area contributed by atoms with E-state index >= 15 is 0 Å². The Hall–Kier alpha value is -1.27. The van der Waals surface area contributed by atoms with Crippen LogP contribution < -0.4 is 5.73 Å². The first-order chi connectivity index (χ1) is 7.38. The van der Waals surface area contributed by atoms with Gasteiger partial charge in [0.2, 0.25) is 0 Å². The van der Waals surface area contributed by atoms with E-state index in [2.05, 4.69) is 4.74 Å². The molecule has 1 atom stereocenters. The summed E-state index contributed by atoms with van der Waals surface area (Å²) in [5.41, 5.74) is 6.33. The molecule has 0 radical (unpaired) electrons. The fraction of sp³-hybridized carbons (Fsp3) is 0.400. The van der Waals surface area contributed by atoms with Gasteiger partial charge < -0.3 is 15.6 Å². The average Bonchev–Trinajstić information content (AvgIpc) is 2.15. The molecule has 0 heterocycles. The lowest BCUT2D eigenvalue weighted by Crippen LogP contribution is -2.19. The van der Waals surface area contributed by atoms with Gasteiger partial charge in [0.1, 0.15) is 12.7 Å². The molecular weight excluding hydrogens is 223 g/mol. The molecule has 0 spiro atoms. The third kappa shape index (κ3) is 4.50. The van der Waals surface area contributed by atoms with Crippen LogP contribution in [-0.4, -0.2) is 24.5 Å². The van der Waals surface area contributed by atoms with Crippen molar-refractivity contribution in [2.45, 2.75) is 12.3 Å². The molecule has 3 N–H and O–H groups in total. The lowest BCUT2D eigenvalue weighted by atomic mass is 10.1. The van der Waals surface area contributed by atoms with E-state index in [1.165, 1.54) is 6.07 Å². The van der Waals surface area contributed by atoms with Gasteiger partial charge in [0.25, 0.3) is 0 Å². The number of ether oxygens (including phenoxy) is 1. The fourth-order valence-corrected chi connectivity index (χ4v) is 1.15. The molecule has 0 saturated carbocycles. The van der Waals surface area contributed by atoms with E-state index in [0.29, 0.717) is 11.3 Å². The summed E-state index contributed by atoms with van der Waals surface area (Å²) in [5.74, 6) is 0. The third-order valence-electron chi connectivity index (χ3n) is 1.84. The number of rotatable bonds is 4. The molecule has 0 bridgehead atoms. The van der Waals surface area contributed by atoms with Crippen molar-refractivity contribution in [1.82, 2.24) is 0 Å². The zero-order valence-corrected chi connectivity index (χ0v) is 8.37. The third-order valence-corrected chi connectivity index (χ3v) is 1.84. The number of nitrogen functional groups attached to an aromatic ring is 1. The van der Waals surface area contributed by atoms with Gasteiger partial charge in [0, 0.05) is 5.69 Å². The largest absolute Gasteiger partial charge is 0.411 e. The van der Waals surface area contributed by atoms with Crippen molar-refractivity contribution >= 4 is 5.69 Å². The van der Waals surface area contributed by atoms with E-state index in [0.717, 1.165) is 0 Å². The molecule has 0 fully saturated rings. The highest BCUT2D eigenvalue weighted by atomic mass is 19.4. The van der Waals surface area contributed by atoms with Gasteiger partial charge in [0.15, 0.2) is 0 Å². The molecule has 1 rings (SSSR count). The number of anilines is 1. The predicted octanol–water partition coefficient (Wildman–Crippen LogP) is 1.88. The number of benzene rings is 1. The van der Waals surface area contributed by atoms with Crippen LogP contribution in [0.2, 0.25) is 0 Å². The number of alkyl halides is 3. The van der Waals surface area contributed by atoms with Crippen LogP contribution in [0.3, 0.4) is 0 Å². The van der Waals surface area contributed by atoms with Gasteiger partial charge in [-0.05, 0) is 17.7 Å². The number of hydrogen-bond acceptors (Lipinski definition) is 3. The Kier molecular flexibility index (Phi) is 4.14. The SMILES string of the molecule is Nc1cccc(C(O)COCC(F)(F)F)c1. The first kappa shape index (κ1) is 12.8. The van der Waals surface area contributed by atoms with Crippen molar-refractivity contribution in [3.05, 3.63) is 29.8 Å². The second kappa shape index (κ2) is 5.18. The van der Waals surface area contributed by atoms with E-state index in [9.17, 15) is 18.3 Å². The van der Waals surface area contributed by atoms with E-state index in [1.54, 1.807) is 18.2 Å². The maximum Gasteiger partial charge on any atom is 0.411 e. The zero-order chi connectivity index (χ0) is 12.2. The number of aliphatic hydroxyl groups is 1. The Morgan fingerprint density at radius 3 is 2.62 bits per heavy atom. The van der Waals surface area contributed by atoms with Gasteiger partial charge in [-0.2, -0.15) is 13.2 Å². The molecule has 1 unspecified atom stereocenters. The summed E-state index contributed by atoms with van der Waals surface area (Å²) in [5, 5.41) is 9.49. The summed E-state index contributed by atoms with van der Waals surface area (Å²) in [7, 11) is 0. The summed E-state index contributed by atoms with van der Waals surface area (Å²) < 4.78 is 39.6. The van der Waals surface area contributed by atoms with Crippen LogP contribution in [0.15, 0.2) is 24.3 Å². The summed E-state index contributed by atoms with van der Waals surface area (Å²) in [6.07, 6.45) is -5.49. The smallest absolute Gasteiger partial charge is 0.399 e. The Balaban J connectivity index is 2.44. The van der Waals surface area contributed by atoms with Crippen LogP contribution in [0.1, 0.15) is 11.7 Å². The monoisotopic (exact) mass is 235 g/mol. The van der Waals surface area contributed by atoms with E-state index in [-0.39, 0.29) is 0 Å². The maximum absolute atomic E-state index is 11.7. The molecule has 0 saturated heterocycles. The maximum atomic E-state index is 11.7. The molecule has 0 amide bonds. The molecule has 3 nitrogen and oxygen atoms in total. The normalized spacial score (nSPS) is 13.8. The Morgan fingerprint density at radius 2 is 2.06 bits per heavy atom. The molecular formula is C10H12F3NO2. The zero-order valence-electron chi connectivity index (χ0n) is 8.37. The first-order valence-corrected chi connectivity index (χ1v) is 4.56. The minimum atomic E-state index is -4.38. The lowest BCUT2D eigenvalue weighted by molar-refractivity contribution is -0.179. The van der Waals surface area contributed by atoms with Crippen LogP contribution in [0.5, 0.6) is 0 Å². The minimum absolute atomic E-state index is 0.414. The van der Waals surface area contributed by atoms with Gasteiger partial charge in [-0.25, -0.2) is 0 Å². The molecule has 0 aromatic heterocycles. The van der Waals surface area contributed by atoms with Crippen molar-refractivity contribution in [3.63, 3.8) is 0 Å². The second-order valence-electron chi connectivity index (χ2n) is 3.32. The van der Waals surface area contributed by atoms with Gasteiger partial charge in [-0.3, -0.25) is 0 Å². The molecule has 16 heavy (non-hydrogen) atoms. The minimum Gasteiger partial charge on any atom is -0.399 e. The molecule has 1 aromatic rings.